The van der Waals surface area contributed by atoms with Crippen LogP contribution in [0.25, 0.3) is 0 Å². The van der Waals surface area contributed by atoms with Crippen LogP contribution in [-0.4, -0.2) is 32.9 Å². The highest BCUT2D eigenvalue weighted by molar-refractivity contribution is 7.89. The average molecular weight is 326 g/mol. The van der Waals surface area contributed by atoms with Crippen molar-refractivity contribution >= 4 is 21.6 Å². The maximum absolute atomic E-state index is 12.4. The standard InChI is InChI=1S/C14H16ClN3O2S/c1-11(9-17)10-18(2)21(19,20)14-6-5-12(4-3-7-16)8-13(14)15/h5-6,8,11H,7,10,16H2,1-2H3. The second-order valence-electron chi connectivity index (χ2n) is 4.47. The van der Waals surface area contributed by atoms with Crippen LogP contribution in [-0.2, 0) is 10.0 Å². The lowest BCUT2D eigenvalue weighted by Gasteiger charge is -2.19. The molecule has 7 heteroatoms. The van der Waals surface area contributed by atoms with E-state index in [9.17, 15) is 8.42 Å². The molecule has 1 aromatic rings. The molecule has 0 amide bonds. The van der Waals surface area contributed by atoms with Crippen LogP contribution in [0.3, 0.4) is 0 Å². The van der Waals surface area contributed by atoms with Crippen LogP contribution < -0.4 is 5.73 Å². The molecule has 112 valence electrons. The van der Waals surface area contributed by atoms with Crippen molar-refractivity contribution in [2.75, 3.05) is 20.1 Å². The highest BCUT2D eigenvalue weighted by Crippen LogP contribution is 2.25. The molecule has 0 aliphatic rings. The van der Waals surface area contributed by atoms with Crippen molar-refractivity contribution < 1.29 is 8.42 Å². The van der Waals surface area contributed by atoms with Gasteiger partial charge in [0.05, 0.1) is 23.6 Å². The molecule has 0 bridgehead atoms. The van der Waals surface area contributed by atoms with Gasteiger partial charge < -0.3 is 5.73 Å². The molecule has 0 saturated heterocycles. The SMILES string of the molecule is CC(C#N)CN(C)S(=O)(=O)c1ccc(C#CCN)cc1Cl. The Bertz CT molecular complexity index is 714. The number of sulfonamides is 1. The van der Waals surface area contributed by atoms with Gasteiger partial charge in [-0.1, -0.05) is 23.4 Å². The largest absolute Gasteiger partial charge is 0.320 e. The average Bonchev–Trinajstić information content (AvgIpc) is 2.44. The lowest BCUT2D eigenvalue weighted by molar-refractivity contribution is 0.439. The number of hydrogen-bond acceptors (Lipinski definition) is 4. The van der Waals surface area contributed by atoms with Crippen molar-refractivity contribution in [2.45, 2.75) is 11.8 Å². The fraction of sp³-hybridized carbons (Fsp3) is 0.357. The Balaban J connectivity index is 3.12. The molecular formula is C14H16ClN3O2S. The lowest BCUT2D eigenvalue weighted by atomic mass is 10.2. The predicted molar refractivity (Wildman–Crippen MR) is 82.0 cm³/mol. The van der Waals surface area contributed by atoms with Crippen molar-refractivity contribution in [3.63, 3.8) is 0 Å². The molecule has 0 fully saturated rings. The minimum Gasteiger partial charge on any atom is -0.320 e. The van der Waals surface area contributed by atoms with E-state index in [1.165, 1.54) is 19.2 Å². The molecule has 0 radical (unpaired) electrons. The van der Waals surface area contributed by atoms with E-state index in [-0.39, 0.29) is 23.0 Å². The van der Waals surface area contributed by atoms with Gasteiger partial charge in [0, 0.05) is 19.2 Å². The van der Waals surface area contributed by atoms with Gasteiger partial charge in [-0.05, 0) is 25.1 Å². The molecule has 0 spiro atoms. The van der Waals surface area contributed by atoms with Crippen LogP contribution in [0.5, 0.6) is 0 Å². The second-order valence-corrected chi connectivity index (χ2v) is 6.89. The first-order chi connectivity index (χ1) is 9.82. The Morgan fingerprint density at radius 3 is 2.67 bits per heavy atom. The number of nitrogens with zero attached hydrogens (tertiary/aromatic N) is 2. The molecular weight excluding hydrogens is 310 g/mol. The topological polar surface area (TPSA) is 87.2 Å². The minimum atomic E-state index is -3.73. The number of nitrogens with two attached hydrogens (primary N) is 1. The number of rotatable bonds is 4. The summed E-state index contributed by atoms with van der Waals surface area (Å²) in [6.07, 6.45) is 0. The van der Waals surface area contributed by atoms with Gasteiger partial charge in [0.25, 0.3) is 0 Å². The Hall–Kier alpha value is -1.57. The van der Waals surface area contributed by atoms with E-state index < -0.39 is 15.9 Å². The fourth-order valence-electron chi connectivity index (χ4n) is 1.63. The zero-order valence-electron chi connectivity index (χ0n) is 11.8. The van der Waals surface area contributed by atoms with Crippen LogP contribution >= 0.6 is 11.6 Å². The highest BCUT2D eigenvalue weighted by atomic mass is 35.5. The van der Waals surface area contributed by atoms with E-state index in [2.05, 4.69) is 11.8 Å². The van der Waals surface area contributed by atoms with Gasteiger partial charge in [-0.15, -0.1) is 0 Å². The van der Waals surface area contributed by atoms with E-state index in [1.807, 2.05) is 6.07 Å². The quantitative estimate of drug-likeness (QED) is 0.848. The van der Waals surface area contributed by atoms with E-state index in [0.29, 0.717) is 5.56 Å². The first kappa shape index (κ1) is 17.5. The molecule has 0 heterocycles. The van der Waals surface area contributed by atoms with Crippen molar-refractivity contribution in [1.29, 1.82) is 5.26 Å². The van der Waals surface area contributed by atoms with Crippen molar-refractivity contribution in [2.24, 2.45) is 11.7 Å². The summed E-state index contributed by atoms with van der Waals surface area (Å²) < 4.78 is 25.9. The molecule has 0 aliphatic heterocycles. The summed E-state index contributed by atoms with van der Waals surface area (Å²) >= 11 is 6.04. The van der Waals surface area contributed by atoms with Crippen LogP contribution in [0, 0.1) is 29.1 Å². The number of hydrogen-bond donors (Lipinski definition) is 1. The molecule has 0 aliphatic carbocycles. The van der Waals surface area contributed by atoms with Gasteiger partial charge in [-0.25, -0.2) is 8.42 Å². The van der Waals surface area contributed by atoms with E-state index in [0.717, 1.165) is 4.31 Å². The lowest BCUT2D eigenvalue weighted by Crippen LogP contribution is -2.31. The van der Waals surface area contributed by atoms with Crippen molar-refractivity contribution in [1.82, 2.24) is 4.31 Å². The molecule has 0 aromatic heterocycles. The maximum Gasteiger partial charge on any atom is 0.244 e. The summed E-state index contributed by atoms with van der Waals surface area (Å²) in [6, 6.07) is 6.46. The van der Waals surface area contributed by atoms with Gasteiger partial charge in [0.1, 0.15) is 4.90 Å². The predicted octanol–water partition coefficient (Wildman–Crippen LogP) is 1.43. The van der Waals surface area contributed by atoms with E-state index in [1.54, 1.807) is 13.0 Å². The minimum absolute atomic E-state index is 0.00453. The molecule has 1 aromatic carbocycles. The van der Waals surface area contributed by atoms with E-state index in [4.69, 9.17) is 22.6 Å². The smallest absolute Gasteiger partial charge is 0.244 e. The monoisotopic (exact) mass is 325 g/mol. The Morgan fingerprint density at radius 1 is 1.48 bits per heavy atom. The molecule has 2 N–H and O–H groups in total. The third-order valence-corrected chi connectivity index (χ3v) is 5.01. The van der Waals surface area contributed by atoms with Crippen LogP contribution in [0.1, 0.15) is 12.5 Å². The Morgan fingerprint density at radius 2 is 2.14 bits per heavy atom. The molecule has 1 unspecified atom stereocenters. The highest BCUT2D eigenvalue weighted by Gasteiger charge is 2.24. The summed E-state index contributed by atoms with van der Waals surface area (Å²) in [5, 5.41) is 8.86. The van der Waals surface area contributed by atoms with Gasteiger partial charge in [-0.2, -0.15) is 9.57 Å². The number of nitriles is 1. The number of benzene rings is 1. The third-order valence-electron chi connectivity index (χ3n) is 2.71. The Kier molecular flexibility index (Phi) is 6.19. The molecule has 21 heavy (non-hydrogen) atoms. The van der Waals surface area contributed by atoms with Crippen LogP contribution in [0.15, 0.2) is 23.1 Å². The van der Waals surface area contributed by atoms with E-state index >= 15 is 0 Å². The fourth-order valence-corrected chi connectivity index (χ4v) is 3.41. The summed E-state index contributed by atoms with van der Waals surface area (Å²) in [6.45, 7) is 1.97. The summed E-state index contributed by atoms with van der Waals surface area (Å²) in [5.74, 6) is 5.05. The van der Waals surface area contributed by atoms with Gasteiger partial charge in [0.15, 0.2) is 0 Å². The molecule has 1 rings (SSSR count). The zero-order valence-corrected chi connectivity index (χ0v) is 13.4. The number of halogens is 1. The van der Waals surface area contributed by atoms with Gasteiger partial charge in [-0.3, -0.25) is 0 Å². The van der Waals surface area contributed by atoms with Gasteiger partial charge >= 0.3 is 0 Å². The molecule has 0 saturated carbocycles. The van der Waals surface area contributed by atoms with Crippen molar-refractivity contribution in [3.05, 3.63) is 28.8 Å². The first-order valence-electron chi connectivity index (χ1n) is 6.17. The summed E-state index contributed by atoms with van der Waals surface area (Å²) in [4.78, 5) is -0.00453. The molecule has 5 nitrogen and oxygen atoms in total. The van der Waals surface area contributed by atoms with Crippen LogP contribution in [0.2, 0.25) is 5.02 Å². The normalized spacial score (nSPS) is 12.4. The maximum atomic E-state index is 12.4. The van der Waals surface area contributed by atoms with Crippen molar-refractivity contribution in [3.8, 4) is 17.9 Å². The molecule has 1 atom stereocenters. The first-order valence-corrected chi connectivity index (χ1v) is 7.99. The van der Waals surface area contributed by atoms with Crippen LogP contribution in [0.4, 0.5) is 0 Å². The third kappa shape index (κ3) is 4.45. The Labute approximate surface area is 130 Å². The zero-order chi connectivity index (χ0) is 16.0. The second kappa shape index (κ2) is 7.44. The van der Waals surface area contributed by atoms with Gasteiger partial charge in [0.2, 0.25) is 10.0 Å². The summed E-state index contributed by atoms with van der Waals surface area (Å²) in [5.41, 5.74) is 5.87. The summed E-state index contributed by atoms with van der Waals surface area (Å²) in [7, 11) is -2.32.